The number of aryl methyl sites for hydroxylation is 1. The first kappa shape index (κ1) is 9.16. The van der Waals surface area contributed by atoms with E-state index in [0.29, 0.717) is 12.1 Å². The van der Waals surface area contributed by atoms with Crippen molar-refractivity contribution in [1.82, 2.24) is 5.16 Å². The summed E-state index contributed by atoms with van der Waals surface area (Å²) in [5.74, 6) is 0.978. The van der Waals surface area contributed by atoms with Gasteiger partial charge in [0.05, 0.1) is 25.4 Å². The van der Waals surface area contributed by atoms with E-state index in [9.17, 15) is 0 Å². The van der Waals surface area contributed by atoms with Gasteiger partial charge in [-0.25, -0.2) is 0 Å². The van der Waals surface area contributed by atoms with Crippen LogP contribution < -0.4 is 0 Å². The van der Waals surface area contributed by atoms with Crippen LogP contribution in [-0.4, -0.2) is 35.8 Å². The van der Waals surface area contributed by atoms with Gasteiger partial charge in [-0.15, -0.1) is 0 Å². The van der Waals surface area contributed by atoms with Crippen LogP contribution in [0.2, 0.25) is 0 Å². The maximum atomic E-state index is 5.37. The molecule has 2 aliphatic rings. The molecule has 0 saturated carbocycles. The summed E-state index contributed by atoms with van der Waals surface area (Å²) in [6.07, 6.45) is 4.98. The lowest BCUT2D eigenvalue weighted by Gasteiger charge is -2.30. The highest BCUT2D eigenvalue weighted by molar-refractivity contribution is 5.68. The SMILES string of the molecule is Cc1cc(C2=C[C@@H]3CC[C@H]2[N+]3(C)C)on1. The van der Waals surface area contributed by atoms with Crippen molar-refractivity contribution < 1.29 is 9.01 Å². The van der Waals surface area contributed by atoms with Crippen molar-refractivity contribution in [2.75, 3.05) is 14.1 Å². The Morgan fingerprint density at radius 3 is 2.67 bits per heavy atom. The number of quaternary nitrogens is 1. The number of nitrogens with zero attached hydrogens (tertiary/aromatic N) is 2. The largest absolute Gasteiger partial charge is 0.356 e. The molecule has 2 aliphatic heterocycles. The van der Waals surface area contributed by atoms with Gasteiger partial charge in [-0.2, -0.15) is 0 Å². The number of fused-ring (bicyclic) bond motifs is 2. The standard InChI is InChI=1S/C12H17N2O/c1-8-6-12(15-13-8)10-7-9-4-5-11(10)14(9,2)3/h6-7,9,11H,4-5H2,1-3H3/q+1/t9-,11+/m0/s1. The van der Waals surface area contributed by atoms with Gasteiger partial charge in [0, 0.05) is 18.9 Å². The van der Waals surface area contributed by atoms with E-state index in [-0.39, 0.29) is 0 Å². The van der Waals surface area contributed by atoms with Gasteiger partial charge in [0.25, 0.3) is 0 Å². The summed E-state index contributed by atoms with van der Waals surface area (Å²) in [6, 6.07) is 3.34. The van der Waals surface area contributed by atoms with E-state index in [4.69, 9.17) is 4.52 Å². The van der Waals surface area contributed by atoms with Crippen LogP contribution in [0.4, 0.5) is 0 Å². The molecule has 1 aromatic rings. The third-order valence-electron chi connectivity index (χ3n) is 4.04. The van der Waals surface area contributed by atoms with Crippen LogP contribution in [0.15, 0.2) is 16.7 Å². The van der Waals surface area contributed by atoms with E-state index in [0.717, 1.165) is 15.9 Å². The van der Waals surface area contributed by atoms with Crippen LogP contribution in [0.25, 0.3) is 5.57 Å². The molecule has 0 radical (unpaired) electrons. The molecule has 0 unspecified atom stereocenters. The van der Waals surface area contributed by atoms with Gasteiger partial charge in [-0.3, -0.25) is 0 Å². The molecule has 3 rings (SSSR count). The number of likely N-dealkylation sites (N-methyl/N-ethyl adjacent to an activating group) is 1. The van der Waals surface area contributed by atoms with E-state index in [1.807, 2.05) is 13.0 Å². The fourth-order valence-electron chi connectivity index (χ4n) is 3.08. The van der Waals surface area contributed by atoms with Crippen molar-refractivity contribution in [1.29, 1.82) is 0 Å². The molecule has 1 fully saturated rings. The molecular weight excluding hydrogens is 188 g/mol. The van der Waals surface area contributed by atoms with Gasteiger partial charge >= 0.3 is 0 Å². The zero-order chi connectivity index (χ0) is 10.6. The highest BCUT2D eigenvalue weighted by Crippen LogP contribution is 2.45. The molecule has 3 heteroatoms. The molecule has 0 amide bonds. The number of hydrogen-bond acceptors (Lipinski definition) is 2. The van der Waals surface area contributed by atoms with Gasteiger partial charge in [-0.05, 0) is 13.0 Å². The minimum absolute atomic E-state index is 0.613. The van der Waals surface area contributed by atoms with Crippen molar-refractivity contribution in [2.45, 2.75) is 31.8 Å². The molecule has 3 heterocycles. The van der Waals surface area contributed by atoms with Gasteiger partial charge < -0.3 is 9.01 Å². The zero-order valence-corrected chi connectivity index (χ0v) is 9.53. The van der Waals surface area contributed by atoms with E-state index in [2.05, 4.69) is 25.3 Å². The molecule has 0 N–H and O–H groups in total. The molecule has 2 atom stereocenters. The lowest BCUT2D eigenvalue weighted by Crippen LogP contribution is -2.45. The summed E-state index contributed by atoms with van der Waals surface area (Å²) in [6.45, 7) is 1.97. The normalized spacial score (nSPS) is 32.1. The summed E-state index contributed by atoms with van der Waals surface area (Å²) < 4.78 is 6.46. The van der Waals surface area contributed by atoms with Crippen molar-refractivity contribution >= 4 is 5.57 Å². The highest BCUT2D eigenvalue weighted by atomic mass is 16.5. The zero-order valence-electron chi connectivity index (χ0n) is 9.53. The van der Waals surface area contributed by atoms with Crippen LogP contribution in [0.1, 0.15) is 24.3 Å². The van der Waals surface area contributed by atoms with Crippen LogP contribution in [-0.2, 0) is 0 Å². The lowest BCUT2D eigenvalue weighted by molar-refractivity contribution is -0.906. The van der Waals surface area contributed by atoms with Crippen LogP contribution >= 0.6 is 0 Å². The third kappa shape index (κ3) is 1.13. The smallest absolute Gasteiger partial charge is 0.168 e. The summed E-state index contributed by atoms with van der Waals surface area (Å²) in [4.78, 5) is 0. The van der Waals surface area contributed by atoms with E-state index < -0.39 is 0 Å². The van der Waals surface area contributed by atoms with Crippen LogP contribution in [0.5, 0.6) is 0 Å². The van der Waals surface area contributed by atoms with Gasteiger partial charge in [0.15, 0.2) is 5.76 Å². The monoisotopic (exact) mass is 205 g/mol. The van der Waals surface area contributed by atoms with Gasteiger partial charge in [0.2, 0.25) is 0 Å². The Kier molecular flexibility index (Phi) is 1.67. The Balaban J connectivity index is 2.01. The number of aromatic nitrogens is 1. The van der Waals surface area contributed by atoms with Gasteiger partial charge in [-0.1, -0.05) is 5.16 Å². The fraction of sp³-hybridized carbons (Fsp3) is 0.583. The Labute approximate surface area is 89.9 Å². The molecule has 3 nitrogen and oxygen atoms in total. The Morgan fingerprint density at radius 1 is 1.40 bits per heavy atom. The first-order valence-electron chi connectivity index (χ1n) is 5.58. The van der Waals surface area contributed by atoms with Crippen molar-refractivity contribution in [3.05, 3.63) is 23.6 Å². The molecule has 0 spiro atoms. The molecule has 1 aromatic heterocycles. The highest BCUT2D eigenvalue weighted by Gasteiger charge is 2.50. The van der Waals surface area contributed by atoms with E-state index in [1.165, 1.54) is 18.4 Å². The second-order valence-corrected chi connectivity index (χ2v) is 5.24. The molecule has 80 valence electrons. The lowest BCUT2D eigenvalue weighted by atomic mass is 9.97. The second kappa shape index (κ2) is 2.73. The number of rotatable bonds is 1. The first-order valence-corrected chi connectivity index (χ1v) is 5.58. The minimum Gasteiger partial charge on any atom is -0.356 e. The summed E-state index contributed by atoms with van der Waals surface area (Å²) in [7, 11) is 4.63. The van der Waals surface area contributed by atoms with Crippen molar-refractivity contribution in [3.63, 3.8) is 0 Å². The summed E-state index contributed by atoms with van der Waals surface area (Å²) >= 11 is 0. The Hall–Kier alpha value is -1.09. The topological polar surface area (TPSA) is 26.0 Å². The van der Waals surface area contributed by atoms with Crippen LogP contribution in [0, 0.1) is 6.92 Å². The minimum atomic E-state index is 0.613. The molecular formula is C12H17N2O+. The summed E-state index contributed by atoms with van der Waals surface area (Å²) in [5.41, 5.74) is 2.34. The predicted molar refractivity (Wildman–Crippen MR) is 58.1 cm³/mol. The molecule has 2 bridgehead atoms. The van der Waals surface area contributed by atoms with Crippen molar-refractivity contribution in [3.8, 4) is 0 Å². The quantitative estimate of drug-likeness (QED) is 0.655. The average Bonchev–Trinajstić information content (AvgIpc) is 2.80. The van der Waals surface area contributed by atoms with Crippen molar-refractivity contribution in [2.24, 2.45) is 0 Å². The van der Waals surface area contributed by atoms with E-state index >= 15 is 0 Å². The maximum absolute atomic E-state index is 5.37. The fourth-order valence-corrected chi connectivity index (χ4v) is 3.08. The van der Waals surface area contributed by atoms with E-state index in [1.54, 1.807) is 0 Å². The van der Waals surface area contributed by atoms with Crippen LogP contribution in [0.3, 0.4) is 0 Å². The maximum Gasteiger partial charge on any atom is 0.168 e. The molecule has 0 aromatic carbocycles. The summed E-state index contributed by atoms with van der Waals surface area (Å²) in [5, 5.41) is 3.97. The van der Waals surface area contributed by atoms with Gasteiger partial charge in [0.1, 0.15) is 12.1 Å². The predicted octanol–water partition coefficient (Wildman–Crippen LogP) is 1.99. The molecule has 1 saturated heterocycles. The average molecular weight is 205 g/mol. The Morgan fingerprint density at radius 2 is 2.20 bits per heavy atom. The number of hydrogen-bond donors (Lipinski definition) is 0. The molecule has 0 aliphatic carbocycles. The molecule has 15 heavy (non-hydrogen) atoms. The Bertz CT molecular complexity index is 431. The second-order valence-electron chi connectivity index (χ2n) is 5.24. The third-order valence-corrected chi connectivity index (χ3v) is 4.04. The first-order chi connectivity index (χ1) is 7.09.